The number of nitrogens with zero attached hydrogens (tertiary/aromatic N) is 2. The fraction of sp³-hybridized carbons (Fsp3) is 0.600. The number of rotatable bonds is 5. The van der Waals surface area contributed by atoms with E-state index in [9.17, 15) is 18.0 Å². The van der Waals surface area contributed by atoms with Crippen molar-refractivity contribution in [1.29, 1.82) is 0 Å². The average Bonchev–Trinajstić information content (AvgIpc) is 2.53. The first kappa shape index (κ1) is 17.5. The van der Waals surface area contributed by atoms with E-state index in [-0.39, 0.29) is 11.9 Å². The van der Waals surface area contributed by atoms with Gasteiger partial charge in [0.2, 0.25) is 5.91 Å². The number of carbonyl (C=O) groups excluding carboxylic acids is 1. The van der Waals surface area contributed by atoms with Crippen LogP contribution < -0.4 is 16.0 Å². The molecular weight excluding hydrogens is 309 g/mol. The summed E-state index contributed by atoms with van der Waals surface area (Å²) >= 11 is 0. The van der Waals surface area contributed by atoms with E-state index in [1.807, 2.05) is 4.90 Å². The fourth-order valence-electron chi connectivity index (χ4n) is 2.56. The average molecular weight is 330 g/mol. The van der Waals surface area contributed by atoms with E-state index in [1.165, 1.54) is 6.07 Å². The molecule has 1 amide bonds. The molecule has 0 bridgehead atoms. The Morgan fingerprint density at radius 3 is 2.57 bits per heavy atom. The van der Waals surface area contributed by atoms with Crippen LogP contribution in [0.5, 0.6) is 0 Å². The number of piperidine rings is 1. The Morgan fingerprint density at radius 2 is 2.04 bits per heavy atom. The summed E-state index contributed by atoms with van der Waals surface area (Å²) in [6, 6.07) is 2.54. The molecule has 128 valence electrons. The maximum atomic E-state index is 12.5. The summed E-state index contributed by atoms with van der Waals surface area (Å²) in [6.07, 6.45) is -0.923. The SMILES string of the molecule is NCCCC(=O)NC1CCN(c2ccc(C(F)(F)F)cn2)CC1. The maximum absolute atomic E-state index is 12.5. The van der Waals surface area contributed by atoms with Crippen LogP contribution in [-0.2, 0) is 11.0 Å². The molecule has 1 fully saturated rings. The quantitative estimate of drug-likeness (QED) is 0.865. The summed E-state index contributed by atoms with van der Waals surface area (Å²) in [5.74, 6) is 0.535. The van der Waals surface area contributed by atoms with E-state index in [0.29, 0.717) is 38.3 Å². The molecule has 1 aromatic rings. The molecule has 1 aliphatic heterocycles. The Labute approximate surface area is 133 Å². The van der Waals surface area contributed by atoms with Crippen molar-refractivity contribution in [3.63, 3.8) is 0 Å². The van der Waals surface area contributed by atoms with Crippen LogP contribution in [0.3, 0.4) is 0 Å². The predicted octanol–water partition coefficient (Wildman–Crippen LogP) is 1.92. The van der Waals surface area contributed by atoms with Crippen molar-refractivity contribution in [3.05, 3.63) is 23.9 Å². The standard InChI is InChI=1S/C15H21F3N4O/c16-15(17,18)11-3-4-13(20-10-11)22-8-5-12(6-9-22)21-14(23)2-1-7-19/h3-4,10,12H,1-2,5-9,19H2,(H,21,23). The van der Waals surface area contributed by atoms with Crippen LogP contribution in [-0.4, -0.2) is 36.6 Å². The monoisotopic (exact) mass is 330 g/mol. The molecule has 1 saturated heterocycles. The van der Waals surface area contributed by atoms with Crippen molar-refractivity contribution < 1.29 is 18.0 Å². The molecular formula is C15H21F3N4O. The Kier molecular flexibility index (Phi) is 5.81. The minimum Gasteiger partial charge on any atom is -0.356 e. The van der Waals surface area contributed by atoms with Crippen molar-refractivity contribution in [2.75, 3.05) is 24.5 Å². The highest BCUT2D eigenvalue weighted by Crippen LogP contribution is 2.29. The third-order valence-electron chi connectivity index (χ3n) is 3.87. The summed E-state index contributed by atoms with van der Waals surface area (Å²) < 4.78 is 37.6. The number of nitrogens with one attached hydrogen (secondary N) is 1. The highest BCUT2D eigenvalue weighted by Gasteiger charge is 2.31. The van der Waals surface area contributed by atoms with Gasteiger partial charge in [-0.3, -0.25) is 4.79 Å². The van der Waals surface area contributed by atoms with Gasteiger partial charge >= 0.3 is 6.18 Å². The van der Waals surface area contributed by atoms with E-state index < -0.39 is 11.7 Å². The molecule has 5 nitrogen and oxygen atoms in total. The number of alkyl halides is 3. The second-order valence-corrected chi connectivity index (χ2v) is 5.62. The summed E-state index contributed by atoms with van der Waals surface area (Å²) in [6.45, 7) is 1.80. The van der Waals surface area contributed by atoms with Crippen molar-refractivity contribution in [3.8, 4) is 0 Å². The lowest BCUT2D eigenvalue weighted by molar-refractivity contribution is -0.137. The number of aromatic nitrogens is 1. The molecule has 1 aromatic heterocycles. The minimum atomic E-state index is -4.37. The zero-order valence-electron chi connectivity index (χ0n) is 12.8. The van der Waals surface area contributed by atoms with Gasteiger partial charge in [-0.1, -0.05) is 0 Å². The first-order chi connectivity index (χ1) is 10.9. The minimum absolute atomic E-state index is 0.00144. The van der Waals surface area contributed by atoms with Crippen LogP contribution in [0.25, 0.3) is 0 Å². The Morgan fingerprint density at radius 1 is 1.35 bits per heavy atom. The molecule has 0 radical (unpaired) electrons. The van der Waals surface area contributed by atoms with Gasteiger partial charge in [0.15, 0.2) is 0 Å². The molecule has 2 rings (SSSR count). The third kappa shape index (κ3) is 5.09. The van der Waals surface area contributed by atoms with Gasteiger partial charge in [-0.15, -0.1) is 0 Å². The van der Waals surface area contributed by atoms with Crippen molar-refractivity contribution in [2.45, 2.75) is 37.9 Å². The molecule has 23 heavy (non-hydrogen) atoms. The normalized spacial score (nSPS) is 16.4. The van der Waals surface area contributed by atoms with Gasteiger partial charge < -0.3 is 16.0 Å². The molecule has 0 atom stereocenters. The van der Waals surface area contributed by atoms with Gasteiger partial charge in [0.25, 0.3) is 0 Å². The summed E-state index contributed by atoms with van der Waals surface area (Å²) in [5.41, 5.74) is 4.62. The largest absolute Gasteiger partial charge is 0.417 e. The number of pyridine rings is 1. The third-order valence-corrected chi connectivity index (χ3v) is 3.87. The van der Waals surface area contributed by atoms with Gasteiger partial charge in [0, 0.05) is 31.7 Å². The van der Waals surface area contributed by atoms with Crippen LogP contribution in [0.15, 0.2) is 18.3 Å². The summed E-state index contributed by atoms with van der Waals surface area (Å²) in [5, 5.41) is 2.96. The van der Waals surface area contributed by atoms with Crippen molar-refractivity contribution >= 4 is 11.7 Å². The molecule has 0 spiro atoms. The number of hydrogen-bond donors (Lipinski definition) is 2. The molecule has 1 aliphatic rings. The molecule has 0 aromatic carbocycles. The van der Waals surface area contributed by atoms with Gasteiger partial charge in [-0.05, 0) is 37.9 Å². The lowest BCUT2D eigenvalue weighted by Gasteiger charge is -2.33. The van der Waals surface area contributed by atoms with Gasteiger partial charge in [-0.25, -0.2) is 4.98 Å². The molecule has 0 saturated carbocycles. The maximum Gasteiger partial charge on any atom is 0.417 e. The topological polar surface area (TPSA) is 71.2 Å². The van der Waals surface area contributed by atoms with Crippen LogP contribution in [0.1, 0.15) is 31.2 Å². The number of carbonyl (C=O) groups is 1. The van der Waals surface area contributed by atoms with E-state index in [4.69, 9.17) is 5.73 Å². The Bertz CT molecular complexity index is 510. The highest BCUT2D eigenvalue weighted by molar-refractivity contribution is 5.76. The van der Waals surface area contributed by atoms with E-state index in [2.05, 4.69) is 10.3 Å². The fourth-order valence-corrected chi connectivity index (χ4v) is 2.56. The first-order valence-corrected chi connectivity index (χ1v) is 7.68. The van der Waals surface area contributed by atoms with Crippen molar-refractivity contribution in [1.82, 2.24) is 10.3 Å². The zero-order valence-corrected chi connectivity index (χ0v) is 12.8. The lowest BCUT2D eigenvalue weighted by atomic mass is 10.0. The number of halogens is 3. The zero-order chi connectivity index (χ0) is 16.9. The number of nitrogens with two attached hydrogens (primary N) is 1. The van der Waals surface area contributed by atoms with Crippen LogP contribution >= 0.6 is 0 Å². The van der Waals surface area contributed by atoms with Crippen LogP contribution in [0.2, 0.25) is 0 Å². The highest BCUT2D eigenvalue weighted by atomic mass is 19.4. The molecule has 8 heteroatoms. The van der Waals surface area contributed by atoms with Crippen molar-refractivity contribution in [2.24, 2.45) is 5.73 Å². The second-order valence-electron chi connectivity index (χ2n) is 5.62. The number of anilines is 1. The van der Waals surface area contributed by atoms with Gasteiger partial charge in [0.05, 0.1) is 5.56 Å². The van der Waals surface area contributed by atoms with Gasteiger partial charge in [0.1, 0.15) is 5.82 Å². The molecule has 0 aliphatic carbocycles. The summed E-state index contributed by atoms with van der Waals surface area (Å²) in [7, 11) is 0. The first-order valence-electron chi connectivity index (χ1n) is 7.68. The Balaban J connectivity index is 1.83. The molecule has 0 unspecified atom stereocenters. The van der Waals surface area contributed by atoms with E-state index in [1.54, 1.807) is 0 Å². The van der Waals surface area contributed by atoms with E-state index >= 15 is 0 Å². The summed E-state index contributed by atoms with van der Waals surface area (Å²) in [4.78, 5) is 17.5. The second kappa shape index (κ2) is 7.63. The van der Waals surface area contributed by atoms with Gasteiger partial charge in [-0.2, -0.15) is 13.2 Å². The number of hydrogen-bond acceptors (Lipinski definition) is 4. The Hall–Kier alpha value is -1.83. The number of amides is 1. The predicted molar refractivity (Wildman–Crippen MR) is 80.9 cm³/mol. The lowest BCUT2D eigenvalue weighted by Crippen LogP contribution is -2.45. The van der Waals surface area contributed by atoms with Crippen LogP contribution in [0, 0.1) is 0 Å². The smallest absolute Gasteiger partial charge is 0.356 e. The molecule has 2 heterocycles. The van der Waals surface area contributed by atoms with Crippen LogP contribution in [0.4, 0.5) is 19.0 Å². The van der Waals surface area contributed by atoms with E-state index in [0.717, 1.165) is 25.1 Å². The molecule has 3 N–H and O–H groups in total.